The largest absolute Gasteiger partial charge is 0.354 e. The number of carbonyl (C=O) groups excluding carboxylic acids is 1. The van der Waals surface area contributed by atoms with Crippen LogP contribution < -0.4 is 11.1 Å². The molecule has 16 heavy (non-hydrogen) atoms. The molecule has 88 valence electrons. The van der Waals surface area contributed by atoms with Gasteiger partial charge in [-0.25, -0.2) is 0 Å². The van der Waals surface area contributed by atoms with Crippen LogP contribution in [0.2, 0.25) is 0 Å². The molecule has 1 rings (SSSR count). The van der Waals surface area contributed by atoms with E-state index in [4.69, 9.17) is 5.73 Å². The molecule has 0 aromatic heterocycles. The second-order valence-corrected chi connectivity index (χ2v) is 4.35. The summed E-state index contributed by atoms with van der Waals surface area (Å²) in [6, 6.07) is 7.92. The number of nitrogens with one attached hydrogen (secondary N) is 1. The summed E-state index contributed by atoms with van der Waals surface area (Å²) < 4.78 is 0. The quantitative estimate of drug-likeness (QED) is 0.809. The van der Waals surface area contributed by atoms with Gasteiger partial charge in [0.2, 0.25) is 5.91 Å². The van der Waals surface area contributed by atoms with Crippen molar-refractivity contribution in [3.63, 3.8) is 0 Å². The molecule has 0 saturated heterocycles. The van der Waals surface area contributed by atoms with Crippen LogP contribution in [0.4, 0.5) is 0 Å². The minimum absolute atomic E-state index is 0.0982. The van der Waals surface area contributed by atoms with E-state index < -0.39 is 6.04 Å². The van der Waals surface area contributed by atoms with Crippen LogP contribution >= 0.6 is 0 Å². The van der Waals surface area contributed by atoms with E-state index in [0.29, 0.717) is 12.5 Å². The molecule has 0 fully saturated rings. The van der Waals surface area contributed by atoms with E-state index in [9.17, 15) is 4.79 Å². The number of hydrogen-bond acceptors (Lipinski definition) is 2. The SMILES string of the molecule is Cc1ccc(C(C)CNC(=O)[C@H](C)N)cc1. The zero-order chi connectivity index (χ0) is 12.1. The number of aryl methyl sites for hydroxylation is 1. The maximum absolute atomic E-state index is 11.3. The number of nitrogens with two attached hydrogens (primary N) is 1. The summed E-state index contributed by atoms with van der Waals surface area (Å²) in [5, 5.41) is 2.83. The maximum Gasteiger partial charge on any atom is 0.236 e. The third kappa shape index (κ3) is 3.66. The van der Waals surface area contributed by atoms with Gasteiger partial charge in [0, 0.05) is 6.54 Å². The summed E-state index contributed by atoms with van der Waals surface area (Å²) in [6.07, 6.45) is 0. The van der Waals surface area contributed by atoms with Crippen molar-refractivity contribution in [2.75, 3.05) is 6.54 Å². The van der Waals surface area contributed by atoms with Gasteiger partial charge in [-0.1, -0.05) is 36.8 Å². The molecule has 3 heteroatoms. The van der Waals surface area contributed by atoms with Gasteiger partial charge in [-0.05, 0) is 25.3 Å². The lowest BCUT2D eigenvalue weighted by Crippen LogP contribution is -2.39. The first-order valence-electron chi connectivity index (χ1n) is 5.60. The van der Waals surface area contributed by atoms with Crippen LogP contribution in [0, 0.1) is 6.92 Å². The van der Waals surface area contributed by atoms with E-state index in [-0.39, 0.29) is 5.91 Å². The van der Waals surface area contributed by atoms with Crippen molar-refractivity contribution in [1.29, 1.82) is 0 Å². The van der Waals surface area contributed by atoms with Crippen molar-refractivity contribution < 1.29 is 4.79 Å². The summed E-state index contributed by atoms with van der Waals surface area (Å²) in [4.78, 5) is 11.3. The predicted octanol–water partition coefficient (Wildman–Crippen LogP) is 1.56. The van der Waals surface area contributed by atoms with Crippen LogP contribution in [0.1, 0.15) is 30.9 Å². The van der Waals surface area contributed by atoms with Crippen LogP contribution in [-0.4, -0.2) is 18.5 Å². The molecule has 0 spiro atoms. The Morgan fingerprint density at radius 2 is 1.88 bits per heavy atom. The molecule has 0 radical (unpaired) electrons. The first kappa shape index (κ1) is 12.7. The van der Waals surface area contributed by atoms with Crippen molar-refractivity contribution in [1.82, 2.24) is 5.32 Å². The normalized spacial score (nSPS) is 14.2. The monoisotopic (exact) mass is 220 g/mol. The summed E-state index contributed by atoms with van der Waals surface area (Å²) in [5.41, 5.74) is 7.95. The second-order valence-electron chi connectivity index (χ2n) is 4.35. The van der Waals surface area contributed by atoms with Crippen LogP contribution in [0.25, 0.3) is 0 Å². The van der Waals surface area contributed by atoms with E-state index in [2.05, 4.69) is 43.4 Å². The number of hydrogen-bond donors (Lipinski definition) is 2. The molecular formula is C13H20N2O. The van der Waals surface area contributed by atoms with Gasteiger partial charge < -0.3 is 11.1 Å². The van der Waals surface area contributed by atoms with E-state index in [1.165, 1.54) is 11.1 Å². The molecule has 1 aromatic rings. The van der Waals surface area contributed by atoms with Crippen molar-refractivity contribution in [2.45, 2.75) is 32.7 Å². The third-order valence-corrected chi connectivity index (χ3v) is 2.64. The van der Waals surface area contributed by atoms with Crippen LogP contribution in [-0.2, 0) is 4.79 Å². The van der Waals surface area contributed by atoms with E-state index in [1.807, 2.05) is 0 Å². The highest BCUT2D eigenvalue weighted by atomic mass is 16.2. The van der Waals surface area contributed by atoms with Crippen LogP contribution in [0.3, 0.4) is 0 Å². The van der Waals surface area contributed by atoms with Gasteiger partial charge in [0.25, 0.3) is 0 Å². The first-order chi connectivity index (χ1) is 7.50. The topological polar surface area (TPSA) is 55.1 Å². The highest BCUT2D eigenvalue weighted by Gasteiger charge is 2.10. The minimum Gasteiger partial charge on any atom is -0.354 e. The maximum atomic E-state index is 11.3. The summed E-state index contributed by atoms with van der Waals surface area (Å²) in [7, 11) is 0. The zero-order valence-electron chi connectivity index (χ0n) is 10.2. The first-order valence-corrected chi connectivity index (χ1v) is 5.60. The van der Waals surface area contributed by atoms with E-state index >= 15 is 0 Å². The van der Waals surface area contributed by atoms with Crippen LogP contribution in [0.5, 0.6) is 0 Å². The van der Waals surface area contributed by atoms with Gasteiger partial charge in [-0.2, -0.15) is 0 Å². The highest BCUT2D eigenvalue weighted by Crippen LogP contribution is 2.14. The number of amides is 1. The molecular weight excluding hydrogens is 200 g/mol. The molecule has 0 bridgehead atoms. The van der Waals surface area contributed by atoms with Crippen molar-refractivity contribution in [3.05, 3.63) is 35.4 Å². The molecule has 0 aliphatic rings. The molecule has 2 atom stereocenters. The smallest absolute Gasteiger partial charge is 0.236 e. The van der Waals surface area contributed by atoms with Crippen molar-refractivity contribution in [3.8, 4) is 0 Å². The number of carbonyl (C=O) groups is 1. The lowest BCUT2D eigenvalue weighted by Gasteiger charge is -2.14. The fourth-order valence-corrected chi connectivity index (χ4v) is 1.43. The molecule has 0 aliphatic carbocycles. The summed E-state index contributed by atoms with van der Waals surface area (Å²) in [5.74, 6) is 0.210. The number of benzene rings is 1. The lowest BCUT2D eigenvalue weighted by molar-refractivity contribution is -0.122. The highest BCUT2D eigenvalue weighted by molar-refractivity contribution is 5.80. The Balaban J connectivity index is 2.49. The van der Waals surface area contributed by atoms with Gasteiger partial charge in [-0.15, -0.1) is 0 Å². The van der Waals surface area contributed by atoms with Gasteiger partial charge in [-0.3, -0.25) is 4.79 Å². The van der Waals surface area contributed by atoms with Gasteiger partial charge in [0.15, 0.2) is 0 Å². The predicted molar refractivity (Wildman–Crippen MR) is 66.3 cm³/mol. The fraction of sp³-hybridized carbons (Fsp3) is 0.462. The molecule has 0 heterocycles. The lowest BCUT2D eigenvalue weighted by atomic mass is 10.00. The zero-order valence-corrected chi connectivity index (χ0v) is 10.2. The van der Waals surface area contributed by atoms with Crippen LogP contribution in [0.15, 0.2) is 24.3 Å². The van der Waals surface area contributed by atoms with Gasteiger partial charge in [0.05, 0.1) is 6.04 Å². The Bertz CT molecular complexity index is 343. The molecule has 3 nitrogen and oxygen atoms in total. The molecule has 1 aromatic carbocycles. The minimum atomic E-state index is -0.440. The molecule has 1 amide bonds. The summed E-state index contributed by atoms with van der Waals surface area (Å²) in [6.45, 7) is 6.47. The van der Waals surface area contributed by atoms with Crippen molar-refractivity contribution >= 4 is 5.91 Å². The van der Waals surface area contributed by atoms with E-state index in [1.54, 1.807) is 6.92 Å². The Hall–Kier alpha value is -1.35. The standard InChI is InChI=1S/C13H20N2O/c1-9-4-6-12(7-5-9)10(2)8-15-13(16)11(3)14/h4-7,10-11H,8,14H2,1-3H3,(H,15,16)/t10?,11-/m0/s1. The Labute approximate surface area is 97.0 Å². The number of rotatable bonds is 4. The second kappa shape index (κ2) is 5.66. The average Bonchev–Trinajstić information content (AvgIpc) is 2.26. The van der Waals surface area contributed by atoms with Gasteiger partial charge in [0.1, 0.15) is 0 Å². The average molecular weight is 220 g/mol. The Morgan fingerprint density at radius 3 is 2.38 bits per heavy atom. The Morgan fingerprint density at radius 1 is 1.31 bits per heavy atom. The third-order valence-electron chi connectivity index (χ3n) is 2.64. The molecule has 0 aliphatic heterocycles. The van der Waals surface area contributed by atoms with E-state index in [0.717, 1.165) is 0 Å². The Kier molecular flexibility index (Phi) is 4.50. The molecule has 3 N–H and O–H groups in total. The van der Waals surface area contributed by atoms with Crippen molar-refractivity contribution in [2.24, 2.45) is 5.73 Å². The summed E-state index contributed by atoms with van der Waals surface area (Å²) >= 11 is 0. The fourth-order valence-electron chi connectivity index (χ4n) is 1.43. The molecule has 1 unspecified atom stereocenters. The molecule has 0 saturated carbocycles. The van der Waals surface area contributed by atoms with Gasteiger partial charge >= 0.3 is 0 Å².